The lowest BCUT2D eigenvalue weighted by Gasteiger charge is -2.37. The van der Waals surface area contributed by atoms with Crippen molar-refractivity contribution in [3.05, 3.63) is 58.2 Å². The smallest absolute Gasteiger partial charge is 0.339 e. The molecule has 1 spiro atoms. The molecule has 0 saturated carbocycles. The predicted octanol–water partition coefficient (Wildman–Crippen LogP) is 2.87. The summed E-state index contributed by atoms with van der Waals surface area (Å²) in [4.78, 5) is 53.1. The Kier molecular flexibility index (Phi) is 6.57. The van der Waals surface area contributed by atoms with Crippen LogP contribution >= 0.6 is 0 Å². The van der Waals surface area contributed by atoms with Crippen molar-refractivity contribution in [2.75, 3.05) is 42.5 Å². The first-order valence-electron chi connectivity index (χ1n) is 12.8. The number of rotatable bonds is 7. The second kappa shape index (κ2) is 9.84. The molecular formula is C27H32N6O4. The lowest BCUT2D eigenvalue weighted by molar-refractivity contribution is -0.132. The SMILES string of the molecule is CCN(CC)c1ccc2c(C)c(CCN3C(=O)NC4(CCN(c5ncccn5)CC4)C3=O)c(=O)oc2c1. The number of piperidine rings is 1. The molecule has 10 nitrogen and oxygen atoms in total. The average molecular weight is 505 g/mol. The topological polar surface area (TPSA) is 112 Å². The zero-order valence-electron chi connectivity index (χ0n) is 21.5. The van der Waals surface area contributed by atoms with Crippen molar-refractivity contribution in [2.45, 2.75) is 45.6 Å². The standard InChI is InChI=1S/C27H32N6O4/c1-4-31(5-2)19-7-8-20-18(3)21(23(34)37-22(20)17-19)9-14-33-24(35)27(30-26(33)36)10-15-32(16-11-27)25-28-12-6-13-29-25/h6-8,12-13,17H,4-5,9-11,14-16H2,1-3H3,(H,30,36). The van der Waals surface area contributed by atoms with Crippen molar-refractivity contribution in [2.24, 2.45) is 0 Å². The van der Waals surface area contributed by atoms with Crippen LogP contribution in [0.2, 0.25) is 0 Å². The van der Waals surface area contributed by atoms with Gasteiger partial charge in [0.05, 0.1) is 0 Å². The van der Waals surface area contributed by atoms with Gasteiger partial charge in [0.15, 0.2) is 0 Å². The van der Waals surface area contributed by atoms with Crippen molar-refractivity contribution in [1.82, 2.24) is 20.2 Å². The lowest BCUT2D eigenvalue weighted by atomic mass is 9.87. The molecule has 3 aromatic rings. The number of benzene rings is 1. The van der Waals surface area contributed by atoms with E-state index in [-0.39, 0.29) is 18.9 Å². The van der Waals surface area contributed by atoms with Crippen molar-refractivity contribution in [3.8, 4) is 0 Å². The van der Waals surface area contributed by atoms with Gasteiger partial charge in [-0.3, -0.25) is 9.69 Å². The molecule has 10 heteroatoms. The summed E-state index contributed by atoms with van der Waals surface area (Å²) in [5, 5.41) is 3.78. The summed E-state index contributed by atoms with van der Waals surface area (Å²) in [7, 11) is 0. The van der Waals surface area contributed by atoms with E-state index >= 15 is 0 Å². The number of nitrogens with zero attached hydrogens (tertiary/aromatic N) is 5. The number of aryl methyl sites for hydroxylation is 1. The van der Waals surface area contributed by atoms with Crippen molar-refractivity contribution in [1.29, 1.82) is 0 Å². The molecule has 2 aromatic heterocycles. The Morgan fingerprint density at radius 2 is 1.78 bits per heavy atom. The van der Waals surface area contributed by atoms with Crippen LogP contribution < -0.4 is 20.7 Å². The Bertz CT molecular complexity index is 1380. The van der Waals surface area contributed by atoms with Gasteiger partial charge < -0.3 is 19.5 Å². The van der Waals surface area contributed by atoms with Gasteiger partial charge in [-0.1, -0.05) is 0 Å². The molecule has 1 N–H and O–H groups in total. The Morgan fingerprint density at radius 3 is 2.46 bits per heavy atom. The van der Waals surface area contributed by atoms with E-state index in [1.165, 1.54) is 4.90 Å². The van der Waals surface area contributed by atoms with Gasteiger partial charge in [0.1, 0.15) is 11.1 Å². The molecule has 0 unspecified atom stereocenters. The maximum Gasteiger partial charge on any atom is 0.339 e. The van der Waals surface area contributed by atoms with E-state index < -0.39 is 17.2 Å². The molecule has 0 radical (unpaired) electrons. The minimum Gasteiger partial charge on any atom is -0.422 e. The van der Waals surface area contributed by atoms with Crippen LogP contribution in [0.1, 0.15) is 37.8 Å². The fourth-order valence-corrected chi connectivity index (χ4v) is 5.44. The maximum atomic E-state index is 13.4. The Labute approximate surface area is 215 Å². The number of aromatic nitrogens is 2. The maximum absolute atomic E-state index is 13.4. The molecule has 5 rings (SSSR count). The number of carbonyl (C=O) groups is 2. The molecule has 1 aromatic carbocycles. The van der Waals surface area contributed by atoms with Crippen molar-refractivity contribution in [3.63, 3.8) is 0 Å². The second-order valence-corrected chi connectivity index (χ2v) is 9.60. The van der Waals surface area contributed by atoms with Gasteiger partial charge >= 0.3 is 11.7 Å². The minimum atomic E-state index is -0.924. The molecule has 2 aliphatic rings. The summed E-state index contributed by atoms with van der Waals surface area (Å²) in [6, 6.07) is 7.24. The number of fused-ring (bicyclic) bond motifs is 1. The quantitative estimate of drug-likeness (QED) is 0.386. The number of imide groups is 1. The molecule has 4 heterocycles. The van der Waals surface area contributed by atoms with E-state index in [1.54, 1.807) is 18.5 Å². The van der Waals surface area contributed by atoms with Gasteiger partial charge in [-0.15, -0.1) is 0 Å². The zero-order chi connectivity index (χ0) is 26.2. The van der Waals surface area contributed by atoms with E-state index in [1.807, 2.05) is 30.0 Å². The number of urea groups is 1. The highest BCUT2D eigenvalue weighted by Gasteiger charge is 2.52. The second-order valence-electron chi connectivity index (χ2n) is 9.60. The first kappa shape index (κ1) is 24.7. The summed E-state index contributed by atoms with van der Waals surface area (Å²) < 4.78 is 5.68. The summed E-state index contributed by atoms with van der Waals surface area (Å²) in [6.45, 7) is 9.01. The molecular weight excluding hydrogens is 472 g/mol. The van der Waals surface area contributed by atoms with Crippen molar-refractivity contribution < 1.29 is 14.0 Å². The summed E-state index contributed by atoms with van der Waals surface area (Å²) in [5.74, 6) is 0.381. The van der Waals surface area contributed by atoms with Crippen LogP contribution in [0.3, 0.4) is 0 Å². The number of amides is 3. The van der Waals surface area contributed by atoms with Crippen LogP contribution in [0.4, 0.5) is 16.4 Å². The van der Waals surface area contributed by atoms with Gasteiger partial charge in [-0.2, -0.15) is 0 Å². The van der Waals surface area contributed by atoms with Crippen LogP contribution in [-0.4, -0.2) is 65.1 Å². The molecule has 2 aliphatic heterocycles. The van der Waals surface area contributed by atoms with Gasteiger partial charge in [0, 0.05) is 67.8 Å². The Morgan fingerprint density at radius 1 is 1.08 bits per heavy atom. The predicted molar refractivity (Wildman–Crippen MR) is 141 cm³/mol. The molecule has 3 amide bonds. The van der Waals surface area contributed by atoms with Crippen LogP contribution in [0.25, 0.3) is 11.0 Å². The Balaban J connectivity index is 1.30. The highest BCUT2D eigenvalue weighted by molar-refractivity contribution is 6.07. The number of anilines is 2. The summed E-state index contributed by atoms with van der Waals surface area (Å²) in [6.07, 6.45) is 4.55. The van der Waals surface area contributed by atoms with E-state index in [2.05, 4.69) is 34.0 Å². The fraction of sp³-hybridized carbons (Fsp3) is 0.444. The van der Waals surface area contributed by atoms with Gasteiger partial charge in [0.2, 0.25) is 5.95 Å². The molecule has 0 atom stereocenters. The van der Waals surface area contributed by atoms with Crippen LogP contribution in [0, 0.1) is 6.92 Å². The van der Waals surface area contributed by atoms with Crippen LogP contribution in [0.5, 0.6) is 0 Å². The van der Waals surface area contributed by atoms with E-state index in [0.29, 0.717) is 43.0 Å². The number of hydrogen-bond acceptors (Lipinski definition) is 8. The van der Waals surface area contributed by atoms with E-state index in [0.717, 1.165) is 29.7 Å². The molecule has 0 aliphatic carbocycles. The molecule has 37 heavy (non-hydrogen) atoms. The van der Waals surface area contributed by atoms with Gasteiger partial charge in [-0.05, 0) is 63.8 Å². The first-order chi connectivity index (χ1) is 17.9. The molecule has 2 saturated heterocycles. The average Bonchev–Trinajstić information content (AvgIpc) is 3.13. The lowest BCUT2D eigenvalue weighted by Crippen LogP contribution is -2.55. The monoisotopic (exact) mass is 504 g/mol. The summed E-state index contributed by atoms with van der Waals surface area (Å²) >= 11 is 0. The molecule has 194 valence electrons. The van der Waals surface area contributed by atoms with Gasteiger partial charge in [0.25, 0.3) is 5.91 Å². The minimum absolute atomic E-state index is 0.118. The van der Waals surface area contributed by atoms with E-state index in [9.17, 15) is 14.4 Å². The molecule has 2 fully saturated rings. The zero-order valence-corrected chi connectivity index (χ0v) is 21.5. The summed E-state index contributed by atoms with van der Waals surface area (Å²) in [5.41, 5.74) is 1.49. The van der Waals surface area contributed by atoms with Crippen LogP contribution in [-0.2, 0) is 11.2 Å². The normalized spacial score (nSPS) is 17.1. The largest absolute Gasteiger partial charge is 0.422 e. The van der Waals surface area contributed by atoms with Crippen molar-refractivity contribution >= 4 is 34.5 Å². The number of hydrogen-bond donors (Lipinski definition) is 1. The highest BCUT2D eigenvalue weighted by Crippen LogP contribution is 2.31. The first-order valence-corrected chi connectivity index (χ1v) is 12.8. The fourth-order valence-electron chi connectivity index (χ4n) is 5.44. The van der Waals surface area contributed by atoms with Gasteiger partial charge in [-0.25, -0.2) is 19.6 Å². The van der Waals surface area contributed by atoms with Crippen LogP contribution in [0.15, 0.2) is 45.9 Å². The third kappa shape index (κ3) is 4.41. The Hall–Kier alpha value is -3.95. The third-order valence-electron chi connectivity index (χ3n) is 7.68. The highest BCUT2D eigenvalue weighted by atomic mass is 16.4. The van der Waals surface area contributed by atoms with E-state index in [4.69, 9.17) is 4.42 Å². The number of nitrogens with one attached hydrogen (secondary N) is 1. The molecule has 0 bridgehead atoms. The number of carbonyl (C=O) groups excluding carboxylic acids is 2. The third-order valence-corrected chi connectivity index (χ3v) is 7.68.